The van der Waals surface area contributed by atoms with Gasteiger partial charge < -0.3 is 0 Å². The molecule has 0 unspecified atom stereocenters. The Labute approximate surface area is 622 Å². The van der Waals surface area contributed by atoms with E-state index >= 15 is 0 Å². The third-order valence-electron chi connectivity index (χ3n) is 13.8. The Kier molecular flexibility index (Phi) is 40.0. The van der Waals surface area contributed by atoms with Gasteiger partial charge in [-0.1, -0.05) is 256 Å². The van der Waals surface area contributed by atoms with Crippen LogP contribution in [-0.4, -0.2) is 0 Å². The van der Waals surface area contributed by atoms with Crippen LogP contribution >= 0.6 is 125 Å². The summed E-state index contributed by atoms with van der Waals surface area (Å²) in [5.74, 6) is 0.888. The van der Waals surface area contributed by atoms with Crippen molar-refractivity contribution in [1.29, 1.82) is 0 Å². The summed E-state index contributed by atoms with van der Waals surface area (Å²) < 4.78 is 151. The van der Waals surface area contributed by atoms with Crippen LogP contribution < -0.4 is 0 Å². The summed E-state index contributed by atoms with van der Waals surface area (Å²) in [7, 11) is 0. The second-order valence-electron chi connectivity index (χ2n) is 24.4. The number of halogens is 22. The fourth-order valence-electron chi connectivity index (χ4n) is 7.88. The van der Waals surface area contributed by atoms with Crippen molar-refractivity contribution in [3.05, 3.63) is 273 Å². The number of rotatable bonds is 8. The van der Waals surface area contributed by atoms with Crippen LogP contribution in [0, 0.1) is 17.5 Å². The highest BCUT2D eigenvalue weighted by Crippen LogP contribution is 2.39. The lowest BCUT2D eigenvalue weighted by Gasteiger charge is -2.12. The van der Waals surface area contributed by atoms with Gasteiger partial charge in [-0.05, 0) is 217 Å². The maximum Gasteiger partial charge on any atom is 0.417 e. The third-order valence-corrected chi connectivity index (χ3v) is 17.7. The van der Waals surface area contributed by atoms with E-state index in [1.54, 1.807) is 44.2 Å². The van der Waals surface area contributed by atoms with E-state index in [0.717, 1.165) is 65.5 Å². The van der Waals surface area contributed by atoms with E-state index in [1.165, 1.54) is 47.5 Å². The fraction of sp³-hybridized carbons (Fsp3) is 0.360. The van der Waals surface area contributed by atoms with Gasteiger partial charge in [0.2, 0.25) is 0 Å². The lowest BCUT2D eigenvalue weighted by atomic mass is 10.0. The van der Waals surface area contributed by atoms with E-state index in [9.17, 15) is 52.7 Å². The Hall–Kier alpha value is -3.80. The van der Waals surface area contributed by atoms with Gasteiger partial charge in [0.15, 0.2) is 0 Å². The van der Waals surface area contributed by atoms with Crippen LogP contribution in [0.5, 0.6) is 0 Å². The molecule has 8 aromatic carbocycles. The van der Waals surface area contributed by atoms with Crippen molar-refractivity contribution < 1.29 is 52.7 Å². The van der Waals surface area contributed by atoms with E-state index in [2.05, 4.69) is 85.5 Å². The van der Waals surface area contributed by atoms with Crippen molar-refractivity contribution in [2.75, 3.05) is 0 Å². The maximum absolute atomic E-state index is 12.8. The van der Waals surface area contributed by atoms with Crippen molar-refractivity contribution >= 4 is 125 Å². The highest BCUT2D eigenvalue weighted by molar-refractivity contribution is 9.10. The van der Waals surface area contributed by atoms with Gasteiger partial charge in [-0.2, -0.15) is 39.5 Å². The second-order valence-corrected chi connectivity index (χ2v) is 29.4. The molecule has 0 spiro atoms. The molecule has 0 bridgehead atoms. The molecule has 0 nitrogen and oxygen atoms in total. The molecule has 0 aliphatic heterocycles. The molecule has 0 aliphatic carbocycles. The molecule has 534 valence electrons. The van der Waals surface area contributed by atoms with Crippen LogP contribution in [0.3, 0.4) is 0 Å². The molecule has 0 saturated carbocycles. The first kappa shape index (κ1) is 91.2. The number of hydrogen-bond donors (Lipinski definition) is 0. The van der Waals surface area contributed by atoms with Crippen molar-refractivity contribution in [2.24, 2.45) is 0 Å². The molecule has 8 rings (SSSR count). The number of alkyl halides is 9. The summed E-state index contributed by atoms with van der Waals surface area (Å²) in [6, 6.07) is 37.7. The topological polar surface area (TPSA) is 0 Å². The minimum Gasteiger partial charge on any atom is -0.207 e. The highest BCUT2D eigenvalue weighted by atomic mass is 79.9. The Bertz CT molecular complexity index is 3560. The first-order chi connectivity index (χ1) is 44.5. The average Bonchev–Trinajstić information content (AvgIpc) is 0.885. The van der Waals surface area contributed by atoms with Gasteiger partial charge in [-0.15, -0.1) is 0 Å². The first-order valence-electron chi connectivity index (χ1n) is 30.3. The molecule has 0 atom stereocenters. The predicted molar refractivity (Wildman–Crippen MR) is 395 cm³/mol. The molecule has 0 saturated heterocycles. The largest absolute Gasteiger partial charge is 0.417 e. The maximum atomic E-state index is 12.8. The monoisotopic (exact) mass is 1650 g/mol. The van der Waals surface area contributed by atoms with E-state index < -0.39 is 41.0 Å². The minimum atomic E-state index is -4.48. The SMILES string of the molecule is CC(C)c1cc(Cl)cc(Br)c1.CC(C)c1cc(F)cc(C(F)(F)F)c1.CC(C)c1cc(F)cc(Cl)c1.CC(C)c1ccc(Br)c(Cl)c1.CC(C)c1ccc(C(F)(F)F)c(Cl)c1.CC(C)c1ccc(Cl)c(C(F)(F)F)c1.CC(C)c1ccc(F)c(Cl)c1.CC(C)c1cccc(Cl)c1Cl. The van der Waals surface area contributed by atoms with Crippen LogP contribution in [0.15, 0.2) is 155 Å². The lowest BCUT2D eigenvalue weighted by molar-refractivity contribution is -0.138. The van der Waals surface area contributed by atoms with E-state index in [0.29, 0.717) is 61.9 Å². The van der Waals surface area contributed by atoms with Crippen LogP contribution in [0.1, 0.15) is 219 Å². The Morgan fingerprint density at radius 1 is 0.299 bits per heavy atom. The summed E-state index contributed by atoms with van der Waals surface area (Å²) in [5, 5.41) is 3.09. The highest BCUT2D eigenvalue weighted by Gasteiger charge is 2.35. The lowest BCUT2D eigenvalue weighted by Crippen LogP contribution is -2.06. The van der Waals surface area contributed by atoms with Gasteiger partial charge in [0.05, 0.1) is 46.8 Å². The van der Waals surface area contributed by atoms with Crippen molar-refractivity contribution in [1.82, 2.24) is 0 Å². The zero-order valence-corrected chi connectivity index (χ0v) is 65.5. The van der Waals surface area contributed by atoms with Crippen molar-refractivity contribution in [3.8, 4) is 0 Å². The Morgan fingerprint density at radius 2 is 0.691 bits per heavy atom. The van der Waals surface area contributed by atoms with Crippen molar-refractivity contribution in [3.63, 3.8) is 0 Å². The van der Waals surface area contributed by atoms with Gasteiger partial charge in [0.1, 0.15) is 17.5 Å². The number of hydrogen-bond acceptors (Lipinski definition) is 0. The molecule has 97 heavy (non-hydrogen) atoms. The molecule has 0 radical (unpaired) electrons. The molecule has 0 aromatic heterocycles. The zero-order chi connectivity index (χ0) is 74.9. The fourth-order valence-corrected chi connectivity index (χ4v) is 10.7. The Morgan fingerprint density at radius 3 is 1.08 bits per heavy atom. The van der Waals surface area contributed by atoms with Crippen LogP contribution in [-0.2, 0) is 18.5 Å². The van der Waals surface area contributed by atoms with E-state index in [1.807, 2.05) is 91.8 Å². The minimum absolute atomic E-state index is 0.0633. The quantitative estimate of drug-likeness (QED) is 0.133. The van der Waals surface area contributed by atoms with E-state index in [-0.39, 0.29) is 44.5 Å². The molecule has 0 fully saturated rings. The van der Waals surface area contributed by atoms with Crippen LogP contribution in [0.25, 0.3) is 0 Å². The number of benzene rings is 8. The van der Waals surface area contributed by atoms with Gasteiger partial charge in [-0.3, -0.25) is 0 Å². The Balaban J connectivity index is 0.000000556. The summed E-state index contributed by atoms with van der Waals surface area (Å²) in [6.07, 6.45) is -13.2. The van der Waals surface area contributed by atoms with Gasteiger partial charge in [0.25, 0.3) is 0 Å². The van der Waals surface area contributed by atoms with Gasteiger partial charge in [0, 0.05) is 19.0 Å². The second kappa shape index (κ2) is 42.6. The summed E-state index contributed by atoms with van der Waals surface area (Å²) >= 11 is 52.5. The molecule has 0 aliphatic rings. The molecular weight excluding hydrogens is 1570 g/mol. The molecular formula is C75H80Br2Cl8F12. The zero-order valence-electron chi connectivity index (χ0n) is 56.3. The third kappa shape index (κ3) is 34.2. The van der Waals surface area contributed by atoms with E-state index in [4.69, 9.17) is 92.8 Å². The standard InChI is InChI=1S/2C10H10ClF3.C10H10F4.2C9H10BrCl.C9H10Cl2.2C9H10ClF/c1-6(2)7-3-4-9(11)8(5-7)10(12,13)14;1-6(2)7-3-4-8(9(11)5-7)10(12,13)14;1-6(2)7-3-8(10(12,13)14)5-9(11)4-7;1-6(2)7-3-8(10)5-9(11)4-7;1-6(2)7-3-4-8(10)9(11)5-7;1-6(2)7-4-3-5-8(10)9(7)11;1-6(2)7-3-8(10)5-9(11)4-7;1-6(2)7-3-4-9(11)8(10)5-7/h3*3-6H,1-2H3;5*3-6H,1-2H3. The summed E-state index contributed by atoms with van der Waals surface area (Å²) in [6.45, 7) is 31.8. The summed E-state index contributed by atoms with van der Waals surface area (Å²) in [4.78, 5) is 0. The van der Waals surface area contributed by atoms with Gasteiger partial charge in [-0.25, -0.2) is 13.2 Å². The predicted octanol–water partition coefficient (Wildman–Crippen LogP) is 32.7. The molecule has 0 heterocycles. The molecule has 8 aromatic rings. The molecule has 0 amide bonds. The van der Waals surface area contributed by atoms with Crippen molar-refractivity contribution in [2.45, 2.75) is 177 Å². The average molecular weight is 1650 g/mol. The van der Waals surface area contributed by atoms with Crippen LogP contribution in [0.4, 0.5) is 52.7 Å². The first-order valence-corrected chi connectivity index (χ1v) is 35.0. The molecule has 22 heteroatoms. The summed E-state index contributed by atoms with van der Waals surface area (Å²) in [5.41, 5.74) is 5.00. The normalized spacial score (nSPS) is 11.3. The molecule has 0 N–H and O–H groups in total. The van der Waals surface area contributed by atoms with Gasteiger partial charge >= 0.3 is 18.5 Å². The smallest absolute Gasteiger partial charge is 0.207 e. The van der Waals surface area contributed by atoms with Crippen LogP contribution in [0.2, 0.25) is 40.2 Å².